The smallest absolute Gasteiger partial charge is 0.135 e. The van der Waals surface area contributed by atoms with Gasteiger partial charge in [0.2, 0.25) is 0 Å². The number of carbonyl (C=O) groups excluding carboxylic acids is 2. The molecule has 82 valence electrons. The molecule has 2 nitrogen and oxygen atoms in total. The molecule has 0 N–H and O–H groups in total. The van der Waals surface area contributed by atoms with Gasteiger partial charge in [0.05, 0.1) is 0 Å². The molecule has 1 atom stereocenters. The van der Waals surface area contributed by atoms with Gasteiger partial charge in [-0.15, -0.1) is 0 Å². The Bertz CT molecular complexity index is 185. The summed E-state index contributed by atoms with van der Waals surface area (Å²) in [5, 5.41) is 0. The number of rotatable bonds is 8. The molecule has 0 heterocycles. The first kappa shape index (κ1) is 13.3. The lowest BCUT2D eigenvalue weighted by Crippen LogP contribution is -2.10. The molecular weight excluding hydrogens is 176 g/mol. The molecule has 1 unspecified atom stereocenters. The highest BCUT2D eigenvalue weighted by molar-refractivity contribution is 5.80. The van der Waals surface area contributed by atoms with Gasteiger partial charge in [0.25, 0.3) is 0 Å². The number of hydrogen-bond donors (Lipinski definition) is 0. The van der Waals surface area contributed by atoms with Crippen LogP contribution in [0.15, 0.2) is 0 Å². The van der Waals surface area contributed by atoms with E-state index in [2.05, 4.69) is 0 Å². The van der Waals surface area contributed by atoms with Crippen molar-refractivity contribution in [2.24, 2.45) is 5.92 Å². The van der Waals surface area contributed by atoms with Crippen molar-refractivity contribution in [2.75, 3.05) is 0 Å². The van der Waals surface area contributed by atoms with Crippen LogP contribution in [0.3, 0.4) is 0 Å². The second-order valence-electron chi connectivity index (χ2n) is 4.07. The van der Waals surface area contributed by atoms with Gasteiger partial charge in [-0.05, 0) is 26.2 Å². The minimum Gasteiger partial charge on any atom is -0.300 e. The fraction of sp³-hybridized carbons (Fsp3) is 0.833. The summed E-state index contributed by atoms with van der Waals surface area (Å²) in [6, 6.07) is 0. The average Bonchev–Trinajstić information content (AvgIpc) is 2.12. The Balaban J connectivity index is 3.48. The molecule has 0 saturated carbocycles. The lowest BCUT2D eigenvalue weighted by atomic mass is 9.96. The first-order valence-corrected chi connectivity index (χ1v) is 5.60. The van der Waals surface area contributed by atoms with Crippen LogP contribution >= 0.6 is 0 Å². The third kappa shape index (κ3) is 6.81. The predicted molar refractivity (Wildman–Crippen MR) is 58.2 cm³/mol. The van der Waals surface area contributed by atoms with Crippen molar-refractivity contribution in [1.82, 2.24) is 0 Å². The number of ketones is 2. The lowest BCUT2D eigenvalue weighted by molar-refractivity contribution is -0.122. The SMILES string of the molecule is CCCC(=O)C(C)CCCCC(C)=O. The third-order valence-corrected chi connectivity index (χ3v) is 2.46. The Hall–Kier alpha value is -0.660. The van der Waals surface area contributed by atoms with Crippen LogP contribution in [0.1, 0.15) is 59.3 Å². The lowest BCUT2D eigenvalue weighted by Gasteiger charge is -2.08. The van der Waals surface area contributed by atoms with Crippen molar-refractivity contribution in [3.8, 4) is 0 Å². The van der Waals surface area contributed by atoms with Crippen molar-refractivity contribution >= 4 is 11.6 Å². The van der Waals surface area contributed by atoms with E-state index in [1.807, 2.05) is 13.8 Å². The summed E-state index contributed by atoms with van der Waals surface area (Å²) in [4.78, 5) is 22.1. The highest BCUT2D eigenvalue weighted by atomic mass is 16.1. The summed E-state index contributed by atoms with van der Waals surface area (Å²) in [6.07, 6.45) is 5.17. The minimum atomic E-state index is 0.182. The van der Waals surface area contributed by atoms with Crippen molar-refractivity contribution in [2.45, 2.75) is 59.3 Å². The number of Topliss-reactive ketones (excluding diaryl/α,β-unsaturated/α-hetero) is 2. The molecule has 0 radical (unpaired) electrons. The Morgan fingerprint density at radius 3 is 2.29 bits per heavy atom. The zero-order chi connectivity index (χ0) is 11.0. The standard InChI is InChI=1S/C12H22O2/c1-4-7-12(14)10(2)8-5-6-9-11(3)13/h10H,4-9H2,1-3H3. The van der Waals surface area contributed by atoms with Crippen molar-refractivity contribution in [1.29, 1.82) is 0 Å². The highest BCUT2D eigenvalue weighted by Gasteiger charge is 2.10. The van der Waals surface area contributed by atoms with E-state index in [1.54, 1.807) is 6.92 Å². The molecule has 0 aromatic carbocycles. The zero-order valence-electron chi connectivity index (χ0n) is 9.64. The Labute approximate surface area is 87.1 Å². The van der Waals surface area contributed by atoms with Gasteiger partial charge in [0.15, 0.2) is 0 Å². The van der Waals surface area contributed by atoms with E-state index >= 15 is 0 Å². The minimum absolute atomic E-state index is 0.182. The van der Waals surface area contributed by atoms with Gasteiger partial charge in [-0.2, -0.15) is 0 Å². The van der Waals surface area contributed by atoms with Crippen LogP contribution < -0.4 is 0 Å². The molecule has 0 amide bonds. The van der Waals surface area contributed by atoms with Gasteiger partial charge in [-0.1, -0.05) is 20.3 Å². The molecule has 14 heavy (non-hydrogen) atoms. The van der Waals surface area contributed by atoms with Crippen LogP contribution in [-0.4, -0.2) is 11.6 Å². The zero-order valence-corrected chi connectivity index (χ0v) is 9.64. The van der Waals surface area contributed by atoms with E-state index in [-0.39, 0.29) is 11.7 Å². The van der Waals surface area contributed by atoms with Crippen molar-refractivity contribution < 1.29 is 9.59 Å². The normalized spacial score (nSPS) is 12.5. The molecule has 0 fully saturated rings. The third-order valence-electron chi connectivity index (χ3n) is 2.46. The largest absolute Gasteiger partial charge is 0.300 e. The van der Waals surface area contributed by atoms with Crippen LogP contribution in [0.25, 0.3) is 0 Å². The van der Waals surface area contributed by atoms with Crippen LogP contribution in [0.4, 0.5) is 0 Å². The maximum Gasteiger partial charge on any atom is 0.135 e. The van der Waals surface area contributed by atoms with E-state index < -0.39 is 0 Å². The number of unbranched alkanes of at least 4 members (excludes halogenated alkanes) is 1. The summed E-state index contributed by atoms with van der Waals surface area (Å²) >= 11 is 0. The molecule has 0 aromatic heterocycles. The topological polar surface area (TPSA) is 34.1 Å². The van der Waals surface area contributed by atoms with Crippen LogP contribution in [-0.2, 0) is 9.59 Å². The summed E-state index contributed by atoms with van der Waals surface area (Å²) < 4.78 is 0. The molecule has 2 heteroatoms. The average molecular weight is 198 g/mol. The fourth-order valence-corrected chi connectivity index (χ4v) is 1.48. The van der Waals surface area contributed by atoms with Crippen molar-refractivity contribution in [3.05, 3.63) is 0 Å². The second kappa shape index (κ2) is 7.72. The maximum atomic E-state index is 11.4. The van der Waals surface area contributed by atoms with Gasteiger partial charge in [-0.3, -0.25) is 4.79 Å². The molecule has 0 aliphatic rings. The van der Waals surface area contributed by atoms with Gasteiger partial charge >= 0.3 is 0 Å². The summed E-state index contributed by atoms with van der Waals surface area (Å²) in [5.74, 6) is 0.801. The fourth-order valence-electron chi connectivity index (χ4n) is 1.48. The van der Waals surface area contributed by atoms with E-state index in [9.17, 15) is 9.59 Å². The van der Waals surface area contributed by atoms with Crippen LogP contribution in [0.2, 0.25) is 0 Å². The summed E-state index contributed by atoms with van der Waals surface area (Å²) in [7, 11) is 0. The molecular formula is C12H22O2. The van der Waals surface area contributed by atoms with E-state index in [4.69, 9.17) is 0 Å². The van der Waals surface area contributed by atoms with Crippen molar-refractivity contribution in [3.63, 3.8) is 0 Å². The number of hydrogen-bond acceptors (Lipinski definition) is 2. The molecule has 0 aromatic rings. The molecule has 0 bridgehead atoms. The highest BCUT2D eigenvalue weighted by Crippen LogP contribution is 2.12. The van der Waals surface area contributed by atoms with Gasteiger partial charge < -0.3 is 4.79 Å². The molecule has 0 aliphatic carbocycles. The van der Waals surface area contributed by atoms with Gasteiger partial charge in [0.1, 0.15) is 11.6 Å². The first-order chi connectivity index (χ1) is 6.57. The van der Waals surface area contributed by atoms with E-state index in [0.717, 1.165) is 25.7 Å². The Morgan fingerprint density at radius 2 is 1.79 bits per heavy atom. The molecule has 0 rings (SSSR count). The quantitative estimate of drug-likeness (QED) is 0.561. The Kier molecular flexibility index (Phi) is 7.35. The maximum absolute atomic E-state index is 11.4. The molecule has 0 aliphatic heterocycles. The van der Waals surface area contributed by atoms with Gasteiger partial charge in [0, 0.05) is 18.8 Å². The van der Waals surface area contributed by atoms with Gasteiger partial charge in [-0.25, -0.2) is 0 Å². The van der Waals surface area contributed by atoms with E-state index in [1.165, 1.54) is 0 Å². The molecule has 0 saturated heterocycles. The van der Waals surface area contributed by atoms with E-state index in [0.29, 0.717) is 18.6 Å². The monoisotopic (exact) mass is 198 g/mol. The molecule has 0 spiro atoms. The predicted octanol–water partition coefficient (Wildman–Crippen LogP) is 3.14. The number of carbonyl (C=O) groups is 2. The van der Waals surface area contributed by atoms with Crippen LogP contribution in [0, 0.1) is 5.92 Å². The Morgan fingerprint density at radius 1 is 1.14 bits per heavy atom. The summed E-state index contributed by atoms with van der Waals surface area (Å²) in [6.45, 7) is 5.64. The second-order valence-corrected chi connectivity index (χ2v) is 4.07. The van der Waals surface area contributed by atoms with Crippen LogP contribution in [0.5, 0.6) is 0 Å². The summed E-state index contributed by atoms with van der Waals surface area (Å²) in [5.41, 5.74) is 0. The first-order valence-electron chi connectivity index (χ1n) is 5.60.